The lowest BCUT2D eigenvalue weighted by Gasteiger charge is -2.19. The maximum Gasteiger partial charge on any atom is 0.0605 e. The van der Waals surface area contributed by atoms with E-state index in [1.165, 1.54) is 11.3 Å². The lowest BCUT2D eigenvalue weighted by Crippen LogP contribution is -2.09. The molecule has 0 radical (unpaired) electrons. The Kier molecular flexibility index (Phi) is 3.79. The van der Waals surface area contributed by atoms with Gasteiger partial charge in [-0.1, -0.05) is 19.1 Å². The van der Waals surface area contributed by atoms with Gasteiger partial charge in [0, 0.05) is 23.4 Å². The van der Waals surface area contributed by atoms with Crippen LogP contribution in [0.15, 0.2) is 47.2 Å². The van der Waals surface area contributed by atoms with E-state index in [9.17, 15) is 0 Å². The third kappa shape index (κ3) is 2.86. The zero-order valence-corrected chi connectivity index (χ0v) is 11.6. The lowest BCUT2D eigenvalue weighted by molar-refractivity contribution is 1.12. The van der Waals surface area contributed by atoms with Gasteiger partial charge >= 0.3 is 0 Å². The molecular formula is C14H15BrN2. The van der Waals surface area contributed by atoms with Crippen LogP contribution in [-0.4, -0.2) is 12.0 Å². The van der Waals surface area contributed by atoms with E-state index in [-0.39, 0.29) is 0 Å². The standard InChI is InChI=1S/C14H15BrN2/c1-3-11-4-6-13(7-5-11)17(2)14-8-12(15)9-16-10-14/h4-10H,3H2,1-2H3. The van der Waals surface area contributed by atoms with Gasteiger partial charge in [0.2, 0.25) is 0 Å². The summed E-state index contributed by atoms with van der Waals surface area (Å²) in [6, 6.07) is 10.7. The molecule has 2 nitrogen and oxygen atoms in total. The highest BCUT2D eigenvalue weighted by Gasteiger charge is 2.04. The fourth-order valence-corrected chi connectivity index (χ4v) is 2.04. The van der Waals surface area contributed by atoms with Crippen LogP contribution in [0.25, 0.3) is 0 Å². The molecule has 0 atom stereocenters. The minimum absolute atomic E-state index is 0.993. The summed E-state index contributed by atoms with van der Waals surface area (Å²) in [5, 5.41) is 0. The Balaban J connectivity index is 2.27. The molecule has 0 spiro atoms. The Bertz CT molecular complexity index is 494. The molecule has 0 saturated carbocycles. The molecule has 0 saturated heterocycles. The number of nitrogens with zero attached hydrogens (tertiary/aromatic N) is 2. The number of halogens is 1. The summed E-state index contributed by atoms with van der Waals surface area (Å²) in [4.78, 5) is 6.30. The molecule has 0 aliphatic heterocycles. The van der Waals surface area contributed by atoms with Crippen LogP contribution in [0.5, 0.6) is 0 Å². The van der Waals surface area contributed by atoms with Gasteiger partial charge in [-0.25, -0.2) is 0 Å². The molecule has 0 aliphatic rings. The predicted molar refractivity (Wildman–Crippen MR) is 75.8 cm³/mol. The van der Waals surface area contributed by atoms with Crippen molar-refractivity contribution in [1.29, 1.82) is 0 Å². The first-order valence-corrected chi connectivity index (χ1v) is 6.43. The van der Waals surface area contributed by atoms with Gasteiger partial charge in [0.05, 0.1) is 11.9 Å². The zero-order valence-electron chi connectivity index (χ0n) is 10.0. The smallest absolute Gasteiger partial charge is 0.0605 e. The van der Waals surface area contributed by atoms with Crippen molar-refractivity contribution in [3.05, 3.63) is 52.8 Å². The minimum Gasteiger partial charge on any atom is -0.343 e. The first-order chi connectivity index (χ1) is 8.20. The van der Waals surface area contributed by atoms with Crippen molar-refractivity contribution < 1.29 is 0 Å². The zero-order chi connectivity index (χ0) is 12.3. The molecule has 0 fully saturated rings. The summed E-state index contributed by atoms with van der Waals surface area (Å²) in [5.74, 6) is 0. The third-order valence-corrected chi connectivity index (χ3v) is 3.24. The summed E-state index contributed by atoms with van der Waals surface area (Å²) < 4.78 is 0.993. The van der Waals surface area contributed by atoms with Crippen molar-refractivity contribution in [1.82, 2.24) is 4.98 Å². The summed E-state index contributed by atoms with van der Waals surface area (Å²) in [6.07, 6.45) is 4.72. The van der Waals surface area contributed by atoms with Crippen LogP contribution in [0.3, 0.4) is 0 Å². The van der Waals surface area contributed by atoms with E-state index in [1.807, 2.05) is 13.2 Å². The molecule has 0 bridgehead atoms. The normalized spacial score (nSPS) is 10.3. The van der Waals surface area contributed by atoms with Crippen molar-refractivity contribution in [2.45, 2.75) is 13.3 Å². The Hall–Kier alpha value is -1.35. The number of aryl methyl sites for hydroxylation is 1. The first-order valence-electron chi connectivity index (χ1n) is 5.64. The van der Waals surface area contributed by atoms with Gasteiger partial charge in [0.15, 0.2) is 0 Å². The fourth-order valence-electron chi connectivity index (χ4n) is 1.69. The molecule has 0 aliphatic carbocycles. The molecule has 0 N–H and O–H groups in total. The highest BCUT2D eigenvalue weighted by molar-refractivity contribution is 9.10. The Morgan fingerprint density at radius 2 is 1.82 bits per heavy atom. The van der Waals surface area contributed by atoms with Gasteiger partial charge in [0.25, 0.3) is 0 Å². The number of anilines is 2. The van der Waals surface area contributed by atoms with Crippen LogP contribution >= 0.6 is 15.9 Å². The van der Waals surface area contributed by atoms with Crippen molar-refractivity contribution in [2.24, 2.45) is 0 Å². The second-order valence-corrected chi connectivity index (χ2v) is 4.86. The van der Waals surface area contributed by atoms with Gasteiger partial charge in [-0.3, -0.25) is 4.98 Å². The van der Waals surface area contributed by atoms with E-state index < -0.39 is 0 Å². The molecule has 0 unspecified atom stereocenters. The Morgan fingerprint density at radius 3 is 2.41 bits per heavy atom. The van der Waals surface area contributed by atoms with Crippen LogP contribution in [0.2, 0.25) is 0 Å². The monoisotopic (exact) mass is 290 g/mol. The molecule has 0 amide bonds. The van der Waals surface area contributed by atoms with Crippen LogP contribution in [0.1, 0.15) is 12.5 Å². The molecule has 3 heteroatoms. The van der Waals surface area contributed by atoms with E-state index in [0.29, 0.717) is 0 Å². The summed E-state index contributed by atoms with van der Waals surface area (Å²) in [5.41, 5.74) is 3.60. The van der Waals surface area contributed by atoms with Gasteiger partial charge < -0.3 is 4.90 Å². The van der Waals surface area contributed by atoms with Crippen LogP contribution in [0, 0.1) is 0 Å². The maximum atomic E-state index is 4.18. The quantitative estimate of drug-likeness (QED) is 0.843. The van der Waals surface area contributed by atoms with Crippen molar-refractivity contribution in [3.8, 4) is 0 Å². The van der Waals surface area contributed by atoms with Crippen LogP contribution < -0.4 is 4.90 Å². The Labute approximate surface area is 110 Å². The average molecular weight is 291 g/mol. The van der Waals surface area contributed by atoms with E-state index >= 15 is 0 Å². The molecule has 1 heterocycles. The minimum atomic E-state index is 0.993. The number of rotatable bonds is 3. The SMILES string of the molecule is CCc1ccc(N(C)c2cncc(Br)c2)cc1. The molecule has 1 aromatic heterocycles. The molecule has 2 rings (SSSR count). The predicted octanol–water partition coefficient (Wildman–Crippen LogP) is 4.17. The molecule has 17 heavy (non-hydrogen) atoms. The fraction of sp³-hybridized carbons (Fsp3) is 0.214. The van der Waals surface area contributed by atoms with Gasteiger partial charge in [-0.05, 0) is 46.1 Å². The van der Waals surface area contributed by atoms with Crippen molar-refractivity contribution in [2.75, 3.05) is 11.9 Å². The summed E-state index contributed by atoms with van der Waals surface area (Å²) >= 11 is 3.44. The average Bonchev–Trinajstić information content (AvgIpc) is 2.38. The van der Waals surface area contributed by atoms with Gasteiger partial charge in [-0.15, -0.1) is 0 Å². The topological polar surface area (TPSA) is 16.1 Å². The molecule has 1 aromatic carbocycles. The van der Waals surface area contributed by atoms with E-state index in [2.05, 4.69) is 63.1 Å². The van der Waals surface area contributed by atoms with Crippen LogP contribution in [0.4, 0.5) is 11.4 Å². The summed E-state index contributed by atoms with van der Waals surface area (Å²) in [6.45, 7) is 2.16. The number of hydrogen-bond donors (Lipinski definition) is 0. The first kappa shape index (κ1) is 12.1. The van der Waals surface area contributed by atoms with E-state index in [1.54, 1.807) is 6.20 Å². The number of benzene rings is 1. The van der Waals surface area contributed by atoms with Crippen molar-refractivity contribution in [3.63, 3.8) is 0 Å². The van der Waals surface area contributed by atoms with Gasteiger partial charge in [0.1, 0.15) is 0 Å². The maximum absolute atomic E-state index is 4.18. The molecule has 88 valence electrons. The lowest BCUT2D eigenvalue weighted by atomic mass is 10.1. The second kappa shape index (κ2) is 5.32. The number of hydrogen-bond acceptors (Lipinski definition) is 2. The molecular weight excluding hydrogens is 276 g/mol. The summed E-state index contributed by atoms with van der Waals surface area (Å²) in [7, 11) is 2.05. The largest absolute Gasteiger partial charge is 0.343 e. The molecule has 2 aromatic rings. The van der Waals surface area contributed by atoms with E-state index in [4.69, 9.17) is 0 Å². The Morgan fingerprint density at radius 1 is 1.12 bits per heavy atom. The van der Waals surface area contributed by atoms with Gasteiger partial charge in [-0.2, -0.15) is 0 Å². The highest BCUT2D eigenvalue weighted by atomic mass is 79.9. The second-order valence-electron chi connectivity index (χ2n) is 3.94. The van der Waals surface area contributed by atoms with Crippen molar-refractivity contribution >= 4 is 27.3 Å². The number of pyridine rings is 1. The van der Waals surface area contributed by atoms with E-state index in [0.717, 1.165) is 16.6 Å². The van der Waals surface area contributed by atoms with Crippen LogP contribution in [-0.2, 0) is 6.42 Å². The third-order valence-electron chi connectivity index (χ3n) is 2.81. The highest BCUT2D eigenvalue weighted by Crippen LogP contribution is 2.25. The number of aromatic nitrogens is 1.